The normalized spacial score (nSPS) is 12.1. The Kier molecular flexibility index (Phi) is 3.86. The van der Waals surface area contributed by atoms with E-state index in [2.05, 4.69) is 4.98 Å². The first-order chi connectivity index (χ1) is 6.86. The van der Waals surface area contributed by atoms with E-state index in [4.69, 9.17) is 22.3 Å². The lowest BCUT2D eigenvalue weighted by atomic mass is 10.3. The molecule has 84 valence electrons. The van der Waals surface area contributed by atoms with Crippen LogP contribution in [-0.2, 0) is 14.9 Å². The largest absolute Gasteiger partial charge is 0.281 e. The molecule has 0 saturated carbocycles. The molecule has 0 radical (unpaired) electrons. The van der Waals surface area contributed by atoms with Gasteiger partial charge in [0, 0.05) is 10.7 Å². The highest BCUT2D eigenvalue weighted by atomic mass is 35.7. The summed E-state index contributed by atoms with van der Waals surface area (Å²) in [5, 5.41) is 0. The summed E-state index contributed by atoms with van der Waals surface area (Å²) in [6.45, 7) is 0. The predicted molar refractivity (Wildman–Crippen MR) is 51.8 cm³/mol. The zero-order chi connectivity index (χ0) is 11.6. The van der Waals surface area contributed by atoms with Crippen LogP contribution in [0.4, 0.5) is 8.78 Å². The Hall–Kier alpha value is -0.460. The summed E-state index contributed by atoms with van der Waals surface area (Å²) < 4.78 is 46.7. The van der Waals surface area contributed by atoms with Gasteiger partial charge in [-0.1, -0.05) is 0 Å². The van der Waals surface area contributed by atoms with Gasteiger partial charge < -0.3 is 0 Å². The highest BCUT2D eigenvalue weighted by molar-refractivity contribution is 8.13. The molecule has 0 saturated heterocycles. The van der Waals surface area contributed by atoms with Crippen LogP contribution in [0.25, 0.3) is 0 Å². The zero-order valence-corrected chi connectivity index (χ0v) is 9.45. The molecule has 0 atom stereocenters. The molecular formula is C7H5Cl2F2NO2S. The van der Waals surface area contributed by atoms with Gasteiger partial charge in [-0.3, -0.25) is 0 Å². The van der Waals surface area contributed by atoms with Crippen molar-refractivity contribution in [2.75, 3.05) is 0 Å². The standard InChI is InChI=1S/C7H5Cl2F2NO2S/c8-3-4-1-2-5(15(9,13)14)6(12-4)7(10)11/h1-2,7H,3H2. The Morgan fingerprint density at radius 3 is 2.40 bits per heavy atom. The molecule has 0 amide bonds. The highest BCUT2D eigenvalue weighted by Gasteiger charge is 2.23. The fourth-order valence-electron chi connectivity index (χ4n) is 0.941. The van der Waals surface area contributed by atoms with Crippen molar-refractivity contribution in [1.29, 1.82) is 0 Å². The second-order valence-corrected chi connectivity index (χ2v) is 5.36. The maximum atomic E-state index is 12.4. The van der Waals surface area contributed by atoms with Crippen LogP contribution in [-0.4, -0.2) is 13.4 Å². The summed E-state index contributed by atoms with van der Waals surface area (Å²) in [7, 11) is 0.752. The van der Waals surface area contributed by atoms with E-state index in [1.807, 2.05) is 0 Å². The maximum absolute atomic E-state index is 12.4. The van der Waals surface area contributed by atoms with Crippen LogP contribution in [0.2, 0.25) is 0 Å². The Labute approximate surface area is 94.4 Å². The maximum Gasteiger partial charge on any atom is 0.281 e. The van der Waals surface area contributed by atoms with Gasteiger partial charge in [0.2, 0.25) is 0 Å². The van der Waals surface area contributed by atoms with E-state index >= 15 is 0 Å². The number of halogens is 4. The Morgan fingerprint density at radius 1 is 1.40 bits per heavy atom. The van der Waals surface area contributed by atoms with E-state index in [1.165, 1.54) is 6.07 Å². The topological polar surface area (TPSA) is 47.0 Å². The van der Waals surface area contributed by atoms with Gasteiger partial charge in [0.15, 0.2) is 0 Å². The Morgan fingerprint density at radius 2 is 2.00 bits per heavy atom. The van der Waals surface area contributed by atoms with E-state index in [-0.39, 0.29) is 11.6 Å². The number of pyridine rings is 1. The molecule has 0 N–H and O–H groups in total. The van der Waals surface area contributed by atoms with Gasteiger partial charge in [0.1, 0.15) is 10.6 Å². The molecule has 0 aliphatic rings. The summed E-state index contributed by atoms with van der Waals surface area (Å²) >= 11 is 5.38. The number of hydrogen-bond acceptors (Lipinski definition) is 3. The first kappa shape index (κ1) is 12.6. The summed E-state index contributed by atoms with van der Waals surface area (Å²) in [6.07, 6.45) is -3.02. The molecule has 15 heavy (non-hydrogen) atoms. The van der Waals surface area contributed by atoms with Gasteiger partial charge in [-0.25, -0.2) is 22.2 Å². The van der Waals surface area contributed by atoms with Crippen LogP contribution >= 0.6 is 22.3 Å². The first-order valence-corrected chi connectivity index (χ1v) is 6.49. The van der Waals surface area contributed by atoms with Gasteiger partial charge in [0.25, 0.3) is 15.5 Å². The zero-order valence-electron chi connectivity index (χ0n) is 7.12. The molecule has 8 heteroatoms. The van der Waals surface area contributed by atoms with Gasteiger partial charge in [-0.2, -0.15) is 0 Å². The molecule has 0 aliphatic heterocycles. The fourth-order valence-corrected chi connectivity index (χ4v) is 2.10. The second-order valence-electron chi connectivity index (χ2n) is 2.56. The molecule has 3 nitrogen and oxygen atoms in total. The molecule has 1 rings (SSSR count). The van der Waals surface area contributed by atoms with Crippen molar-refractivity contribution in [3.8, 4) is 0 Å². The molecule has 0 unspecified atom stereocenters. The minimum Gasteiger partial charge on any atom is -0.249 e. The fraction of sp³-hybridized carbons (Fsp3) is 0.286. The van der Waals surface area contributed by atoms with Crippen molar-refractivity contribution >= 4 is 31.3 Å². The van der Waals surface area contributed by atoms with Crippen LogP contribution in [0.1, 0.15) is 17.8 Å². The second kappa shape index (κ2) is 4.59. The Bertz CT molecular complexity index is 464. The molecule has 0 fully saturated rings. The monoisotopic (exact) mass is 275 g/mol. The number of hydrogen-bond donors (Lipinski definition) is 0. The first-order valence-electron chi connectivity index (χ1n) is 3.65. The Balaban J connectivity index is 3.41. The molecule has 0 bridgehead atoms. The highest BCUT2D eigenvalue weighted by Crippen LogP contribution is 2.27. The predicted octanol–water partition coefficient (Wildman–Crippen LogP) is 2.69. The van der Waals surface area contributed by atoms with Crippen molar-refractivity contribution < 1.29 is 17.2 Å². The number of alkyl halides is 3. The van der Waals surface area contributed by atoms with Crippen LogP contribution in [0.15, 0.2) is 17.0 Å². The van der Waals surface area contributed by atoms with Crippen molar-refractivity contribution in [2.45, 2.75) is 17.2 Å². The lowest BCUT2D eigenvalue weighted by Crippen LogP contribution is -2.03. The van der Waals surface area contributed by atoms with E-state index in [0.29, 0.717) is 0 Å². The minimum absolute atomic E-state index is 0.0810. The lowest BCUT2D eigenvalue weighted by Gasteiger charge is -2.06. The van der Waals surface area contributed by atoms with Crippen molar-refractivity contribution in [3.05, 3.63) is 23.5 Å². The number of aromatic nitrogens is 1. The summed E-state index contributed by atoms with van der Waals surface area (Å²) in [5.74, 6) is -0.0810. The molecule has 0 spiro atoms. The van der Waals surface area contributed by atoms with E-state index in [9.17, 15) is 17.2 Å². The number of rotatable bonds is 3. The third-order valence-corrected chi connectivity index (χ3v) is 3.19. The van der Waals surface area contributed by atoms with E-state index in [0.717, 1.165) is 6.07 Å². The van der Waals surface area contributed by atoms with E-state index < -0.39 is 26.1 Å². The third kappa shape index (κ3) is 2.99. The van der Waals surface area contributed by atoms with Crippen molar-refractivity contribution in [1.82, 2.24) is 4.98 Å². The SMILES string of the molecule is O=S(=O)(Cl)c1ccc(CCl)nc1C(F)F. The summed E-state index contributed by atoms with van der Waals surface area (Å²) in [4.78, 5) is 2.72. The summed E-state index contributed by atoms with van der Waals surface area (Å²) in [5.41, 5.74) is -0.709. The van der Waals surface area contributed by atoms with Crippen LogP contribution in [0, 0.1) is 0 Å². The molecule has 0 aliphatic carbocycles. The van der Waals surface area contributed by atoms with Gasteiger partial charge >= 0.3 is 0 Å². The van der Waals surface area contributed by atoms with E-state index in [1.54, 1.807) is 0 Å². The van der Waals surface area contributed by atoms with Crippen LogP contribution < -0.4 is 0 Å². The molecule has 1 aromatic rings. The molecular weight excluding hydrogens is 271 g/mol. The average molecular weight is 276 g/mol. The smallest absolute Gasteiger partial charge is 0.249 e. The molecule has 0 aromatic carbocycles. The van der Waals surface area contributed by atoms with Crippen molar-refractivity contribution in [2.24, 2.45) is 0 Å². The number of nitrogens with zero attached hydrogens (tertiary/aromatic N) is 1. The molecule has 1 heterocycles. The summed E-state index contributed by atoms with van der Waals surface area (Å²) in [6, 6.07) is 2.20. The minimum atomic E-state index is -4.22. The molecule has 1 aromatic heterocycles. The van der Waals surface area contributed by atoms with Crippen LogP contribution in [0.3, 0.4) is 0 Å². The van der Waals surface area contributed by atoms with Crippen LogP contribution in [0.5, 0.6) is 0 Å². The van der Waals surface area contributed by atoms with Gasteiger partial charge in [-0.15, -0.1) is 11.6 Å². The van der Waals surface area contributed by atoms with Gasteiger partial charge in [0.05, 0.1) is 11.6 Å². The average Bonchev–Trinajstić information content (AvgIpc) is 2.15. The van der Waals surface area contributed by atoms with Crippen molar-refractivity contribution in [3.63, 3.8) is 0 Å². The quantitative estimate of drug-likeness (QED) is 0.630. The third-order valence-electron chi connectivity index (χ3n) is 1.55. The lowest BCUT2D eigenvalue weighted by molar-refractivity contribution is 0.142. The van der Waals surface area contributed by atoms with Gasteiger partial charge in [-0.05, 0) is 12.1 Å².